The third-order valence-corrected chi connectivity index (χ3v) is 5.39. The van der Waals surface area contributed by atoms with Crippen molar-refractivity contribution in [2.75, 3.05) is 14.2 Å². The third kappa shape index (κ3) is 2.90. The first-order valence-electron chi connectivity index (χ1n) is 5.92. The number of nitrogens with zero attached hydrogens (tertiary/aromatic N) is 2. The molecule has 0 aliphatic carbocycles. The summed E-state index contributed by atoms with van der Waals surface area (Å²) in [5.74, 6) is 0.472. The molecular formula is C13H13N3O3S2. The van der Waals surface area contributed by atoms with Crippen LogP contribution in [0, 0.1) is 11.3 Å². The van der Waals surface area contributed by atoms with Crippen molar-refractivity contribution < 1.29 is 13.2 Å². The second-order valence-electron chi connectivity index (χ2n) is 4.10. The fraction of sp³-hybridized carbons (Fsp3) is 0.231. The van der Waals surface area contributed by atoms with Crippen molar-refractivity contribution in [3.05, 3.63) is 29.0 Å². The van der Waals surface area contributed by atoms with Crippen molar-refractivity contribution in [3.63, 3.8) is 0 Å². The first kappa shape index (κ1) is 15.4. The summed E-state index contributed by atoms with van der Waals surface area (Å²) in [7, 11) is -0.679. The SMILES string of the molecule is CNS(=O)(=O)c1ccc2sc(/C(C#N)=C(\C)OC)nc2c1. The lowest BCUT2D eigenvalue weighted by Gasteiger charge is -2.01. The number of nitrogens with one attached hydrogen (secondary N) is 1. The molecule has 1 N–H and O–H groups in total. The summed E-state index contributed by atoms with van der Waals surface area (Å²) >= 11 is 1.31. The molecule has 0 aliphatic heterocycles. The van der Waals surface area contributed by atoms with E-state index in [1.807, 2.05) is 0 Å². The van der Waals surface area contributed by atoms with Crippen LogP contribution in [0.2, 0.25) is 0 Å². The molecule has 6 nitrogen and oxygen atoms in total. The topological polar surface area (TPSA) is 92.1 Å². The van der Waals surface area contributed by atoms with E-state index in [1.54, 1.807) is 13.0 Å². The third-order valence-electron chi connectivity index (χ3n) is 2.92. The van der Waals surface area contributed by atoms with Crippen LogP contribution in [0.4, 0.5) is 0 Å². The predicted octanol–water partition coefficient (Wildman–Crippen LogP) is 2.11. The van der Waals surface area contributed by atoms with Gasteiger partial charge in [-0.15, -0.1) is 11.3 Å². The van der Waals surface area contributed by atoms with E-state index in [4.69, 9.17) is 4.74 Å². The van der Waals surface area contributed by atoms with Crippen LogP contribution >= 0.6 is 11.3 Å². The zero-order chi connectivity index (χ0) is 15.6. The van der Waals surface area contributed by atoms with Gasteiger partial charge in [-0.3, -0.25) is 0 Å². The van der Waals surface area contributed by atoms with Crippen molar-refractivity contribution >= 4 is 37.1 Å². The zero-order valence-electron chi connectivity index (χ0n) is 11.7. The minimum Gasteiger partial charge on any atom is -0.500 e. The van der Waals surface area contributed by atoms with Crippen LogP contribution < -0.4 is 4.72 Å². The van der Waals surface area contributed by atoms with Gasteiger partial charge in [-0.25, -0.2) is 18.1 Å². The normalized spacial score (nSPS) is 12.9. The van der Waals surface area contributed by atoms with Crippen LogP contribution in [-0.2, 0) is 14.8 Å². The van der Waals surface area contributed by atoms with Crippen LogP contribution in [-0.4, -0.2) is 27.6 Å². The second-order valence-corrected chi connectivity index (χ2v) is 7.02. The lowest BCUT2D eigenvalue weighted by atomic mass is 10.2. The van der Waals surface area contributed by atoms with Crippen LogP contribution in [0.5, 0.6) is 0 Å². The lowest BCUT2D eigenvalue weighted by molar-refractivity contribution is 0.296. The molecule has 0 radical (unpaired) electrons. The van der Waals surface area contributed by atoms with E-state index < -0.39 is 10.0 Å². The molecule has 1 aromatic carbocycles. The van der Waals surface area contributed by atoms with Crippen LogP contribution in [0.3, 0.4) is 0 Å². The molecule has 0 unspecified atom stereocenters. The maximum atomic E-state index is 11.8. The van der Waals surface area contributed by atoms with Gasteiger partial charge in [0.25, 0.3) is 0 Å². The number of rotatable bonds is 4. The number of methoxy groups -OCH3 is 1. The molecular weight excluding hydrogens is 310 g/mol. The molecule has 0 fully saturated rings. The number of nitriles is 1. The molecule has 0 saturated carbocycles. The quantitative estimate of drug-likeness (QED) is 0.687. The van der Waals surface area contributed by atoms with Crippen LogP contribution in [0.15, 0.2) is 28.9 Å². The van der Waals surface area contributed by atoms with Gasteiger partial charge in [-0.1, -0.05) is 0 Å². The number of allylic oxidation sites excluding steroid dienone is 2. The molecule has 2 rings (SSSR count). The Morgan fingerprint density at radius 2 is 2.19 bits per heavy atom. The van der Waals surface area contributed by atoms with E-state index in [1.165, 1.54) is 37.6 Å². The number of sulfonamides is 1. The van der Waals surface area contributed by atoms with Gasteiger partial charge in [0.2, 0.25) is 10.0 Å². The van der Waals surface area contributed by atoms with Gasteiger partial charge in [-0.2, -0.15) is 5.26 Å². The molecule has 1 heterocycles. The molecule has 0 bridgehead atoms. The van der Waals surface area contributed by atoms with E-state index in [9.17, 15) is 13.7 Å². The van der Waals surface area contributed by atoms with E-state index in [2.05, 4.69) is 15.8 Å². The highest BCUT2D eigenvalue weighted by atomic mass is 32.2. The lowest BCUT2D eigenvalue weighted by Crippen LogP contribution is -2.18. The molecule has 0 saturated heterocycles. The van der Waals surface area contributed by atoms with Crippen molar-refractivity contribution in [1.82, 2.24) is 9.71 Å². The van der Waals surface area contributed by atoms with E-state index in [0.717, 1.165) is 4.70 Å². The minimum absolute atomic E-state index is 0.139. The van der Waals surface area contributed by atoms with Crippen LogP contribution in [0.1, 0.15) is 11.9 Å². The molecule has 1 aromatic heterocycles. The summed E-state index contributed by atoms with van der Waals surface area (Å²) in [5.41, 5.74) is 0.875. The van der Waals surface area contributed by atoms with E-state index in [-0.39, 0.29) is 4.90 Å². The molecule has 21 heavy (non-hydrogen) atoms. The summed E-state index contributed by atoms with van der Waals surface area (Å²) < 4.78 is 31.7. The highest BCUT2D eigenvalue weighted by Crippen LogP contribution is 2.30. The highest BCUT2D eigenvalue weighted by Gasteiger charge is 2.16. The maximum absolute atomic E-state index is 11.8. The first-order valence-corrected chi connectivity index (χ1v) is 8.22. The number of hydrogen-bond acceptors (Lipinski definition) is 6. The number of fused-ring (bicyclic) bond motifs is 1. The number of ether oxygens (including phenoxy) is 1. The number of aromatic nitrogens is 1. The largest absolute Gasteiger partial charge is 0.500 e. The molecule has 110 valence electrons. The Morgan fingerprint density at radius 1 is 1.48 bits per heavy atom. The van der Waals surface area contributed by atoms with Gasteiger partial charge in [0.15, 0.2) is 0 Å². The predicted molar refractivity (Wildman–Crippen MR) is 81.1 cm³/mol. The van der Waals surface area contributed by atoms with Crippen LogP contribution in [0.25, 0.3) is 15.8 Å². The average molecular weight is 323 g/mol. The summed E-state index contributed by atoms with van der Waals surface area (Å²) in [6, 6.07) is 6.73. The summed E-state index contributed by atoms with van der Waals surface area (Å²) in [5, 5.41) is 9.71. The molecule has 0 atom stereocenters. The summed E-state index contributed by atoms with van der Waals surface area (Å²) in [6.45, 7) is 1.68. The fourth-order valence-corrected chi connectivity index (χ4v) is 3.42. The number of benzene rings is 1. The smallest absolute Gasteiger partial charge is 0.240 e. The molecule has 0 aliphatic rings. The Kier molecular flexibility index (Phi) is 4.27. The number of thiazole rings is 1. The minimum atomic E-state index is -3.51. The first-order chi connectivity index (χ1) is 9.92. The summed E-state index contributed by atoms with van der Waals surface area (Å²) in [4.78, 5) is 4.47. The Labute approximate surface area is 126 Å². The van der Waals surface area contributed by atoms with E-state index in [0.29, 0.717) is 21.9 Å². The Bertz CT molecular complexity index is 860. The van der Waals surface area contributed by atoms with Gasteiger partial charge in [-0.05, 0) is 32.2 Å². The molecule has 0 spiro atoms. The van der Waals surface area contributed by atoms with Gasteiger partial charge in [0, 0.05) is 0 Å². The molecule has 2 aromatic rings. The van der Waals surface area contributed by atoms with Crippen molar-refractivity contribution in [2.45, 2.75) is 11.8 Å². The van der Waals surface area contributed by atoms with E-state index >= 15 is 0 Å². The van der Waals surface area contributed by atoms with Gasteiger partial charge < -0.3 is 4.74 Å². The number of hydrogen-bond donors (Lipinski definition) is 1. The standard InChI is InChI=1S/C13H13N3O3S2/c1-8(19-3)10(7-14)13-16-11-6-9(21(17,18)15-2)4-5-12(11)20-13/h4-6,15H,1-3H3/b10-8+. The monoisotopic (exact) mass is 323 g/mol. The Morgan fingerprint density at radius 3 is 2.76 bits per heavy atom. The summed E-state index contributed by atoms with van der Waals surface area (Å²) in [6.07, 6.45) is 0. The maximum Gasteiger partial charge on any atom is 0.240 e. The molecule has 0 amide bonds. The van der Waals surface area contributed by atoms with Crippen molar-refractivity contribution in [1.29, 1.82) is 5.26 Å². The average Bonchev–Trinajstić information content (AvgIpc) is 2.90. The highest BCUT2D eigenvalue weighted by molar-refractivity contribution is 7.89. The van der Waals surface area contributed by atoms with Gasteiger partial charge in [0.05, 0.1) is 22.2 Å². The Hall–Kier alpha value is -1.95. The zero-order valence-corrected chi connectivity index (χ0v) is 13.3. The molecule has 8 heteroatoms. The van der Waals surface area contributed by atoms with Gasteiger partial charge >= 0.3 is 0 Å². The van der Waals surface area contributed by atoms with Crippen molar-refractivity contribution in [3.8, 4) is 6.07 Å². The fourth-order valence-electron chi connectivity index (χ4n) is 1.68. The van der Waals surface area contributed by atoms with Gasteiger partial charge in [0.1, 0.15) is 22.4 Å². The Balaban J connectivity index is 2.61. The van der Waals surface area contributed by atoms with Crippen molar-refractivity contribution in [2.24, 2.45) is 0 Å². The second kappa shape index (κ2) is 5.81.